The van der Waals surface area contributed by atoms with Crippen LogP contribution in [-0.2, 0) is 103 Å². The van der Waals surface area contributed by atoms with E-state index in [0.717, 1.165) is 24.3 Å². The fourth-order valence-corrected chi connectivity index (χ4v) is 13.6. The summed E-state index contributed by atoms with van der Waals surface area (Å²) in [6, 6.07) is 12.1. The van der Waals surface area contributed by atoms with Gasteiger partial charge in [-0.3, -0.25) is 18.2 Å². The average Bonchev–Trinajstić information content (AvgIpc) is 1.53. The number of hydrogen-bond acceptors (Lipinski definition) is 23. The van der Waals surface area contributed by atoms with Crippen molar-refractivity contribution in [2.75, 3.05) is 151 Å². The number of aromatic nitrogens is 1. The summed E-state index contributed by atoms with van der Waals surface area (Å²) in [4.78, 5) is 15.6. The minimum atomic E-state index is -5.09. The third kappa shape index (κ3) is 18.4. The molecule has 0 fully saturated rings. The predicted molar refractivity (Wildman–Crippen MR) is 331 cm³/mol. The standard InChI is InChI=1S/C59H77N3O26S4/c1-58(2)51(7-6-8-52-59(3,16-20-81-26-29-85-32-31-83-24-23-79-5)57-46-38-42(90(69,70)71)40-50(92(75,76)77)44(46)10-12-48(57)61(52)17-21-78-4)60(47-11-9-43-45(56(47)58)37-41(89(66,67)68)39-49(43)91(72,73)74)18-22-82-27-30-86-34-36-87-35-33-84-28-25-80-19-15-55(65)88-62-53(63)13-14-54(62)64/h6-14,37-40H,15-36H2,1-5H3,(H5-,63,64,66,67,68,69,70,71,72,73,74,75,76,77)/p+1. The molecule has 1 unspecified atom stereocenters. The normalized spacial score (nSPS) is 16.5. The van der Waals surface area contributed by atoms with E-state index in [1.807, 2.05) is 30.2 Å². The van der Waals surface area contributed by atoms with E-state index < -0.39 is 88.6 Å². The number of allylic oxidation sites excluding steroid dienone is 4. The molecule has 0 saturated heterocycles. The fraction of sp³-hybridized carbons (Fsp3) is 0.492. The SMILES string of the molecule is COCCOCCOCCOCCC1(C)C(=CC=CC2=[N+](CCOCCOCCOCCOCCOCCC(=O)On3c(O)ccc3O)c3ccc4c(S(=O)(=O)O)cc(S(=O)(=O)O)cc4c3C2(C)C)N(CCOC)c2ccc3c(S(=O)(=O)O)cc(S(=O)(=O)O)cc3c21. The maximum Gasteiger partial charge on any atom is 0.335 e. The molecule has 6 N–H and O–H groups in total. The quantitative estimate of drug-likeness (QED) is 0.0177. The molecule has 0 spiro atoms. The lowest BCUT2D eigenvalue weighted by Crippen LogP contribution is -2.32. The topological polar surface area (TPSA) is 388 Å². The van der Waals surface area contributed by atoms with E-state index in [4.69, 9.17) is 52.2 Å². The van der Waals surface area contributed by atoms with Crippen molar-refractivity contribution >= 4 is 85.1 Å². The van der Waals surface area contributed by atoms with Crippen molar-refractivity contribution < 1.29 is 124 Å². The van der Waals surface area contributed by atoms with E-state index in [0.29, 0.717) is 77.2 Å². The van der Waals surface area contributed by atoms with Crippen LogP contribution in [0.4, 0.5) is 11.4 Å². The number of ether oxygens (including phenoxy) is 10. The number of rotatable bonds is 40. The summed E-state index contributed by atoms with van der Waals surface area (Å²) in [5, 5.41) is 19.3. The van der Waals surface area contributed by atoms with Gasteiger partial charge in [-0.2, -0.15) is 38.2 Å². The average molecular weight is 1370 g/mol. The Morgan fingerprint density at radius 1 is 0.522 bits per heavy atom. The van der Waals surface area contributed by atoms with Crippen LogP contribution >= 0.6 is 0 Å². The summed E-state index contributed by atoms with van der Waals surface area (Å²) in [7, 11) is -17.2. The Hall–Kier alpha value is -6.06. The largest absolute Gasteiger partial charge is 0.492 e. The first-order valence-corrected chi connectivity index (χ1v) is 34.7. The number of fused-ring (bicyclic) bond motifs is 6. The first-order chi connectivity index (χ1) is 43.5. The number of methoxy groups -OCH3 is 2. The second kappa shape index (κ2) is 32.4. The molecule has 92 heavy (non-hydrogen) atoms. The molecule has 1 atom stereocenters. The highest BCUT2D eigenvalue weighted by Crippen LogP contribution is 2.54. The Labute approximate surface area is 533 Å². The molecular weight excluding hydrogens is 1290 g/mol. The van der Waals surface area contributed by atoms with Gasteiger partial charge in [0.2, 0.25) is 17.4 Å². The zero-order valence-electron chi connectivity index (χ0n) is 51.4. The second-order valence-electron chi connectivity index (χ2n) is 21.6. The van der Waals surface area contributed by atoms with Crippen molar-refractivity contribution in [2.24, 2.45) is 0 Å². The summed E-state index contributed by atoms with van der Waals surface area (Å²) >= 11 is 0. The van der Waals surface area contributed by atoms with Crippen LogP contribution in [0.2, 0.25) is 0 Å². The van der Waals surface area contributed by atoms with Crippen molar-refractivity contribution in [1.29, 1.82) is 0 Å². The van der Waals surface area contributed by atoms with Gasteiger partial charge in [-0.05, 0) is 86.0 Å². The van der Waals surface area contributed by atoms with Crippen LogP contribution in [0.15, 0.2) is 104 Å². The lowest BCUT2D eigenvalue weighted by molar-refractivity contribution is -0.442. The van der Waals surface area contributed by atoms with Crippen LogP contribution < -0.4 is 9.74 Å². The molecule has 2 aliphatic rings. The summed E-state index contributed by atoms with van der Waals surface area (Å²) in [5.41, 5.74) is 0.771. The number of nitrogens with zero attached hydrogens (tertiary/aromatic N) is 3. The molecular formula is C59H78N3O26S4+. The van der Waals surface area contributed by atoms with E-state index in [-0.39, 0.29) is 140 Å². The monoisotopic (exact) mass is 1370 g/mol. The highest BCUT2D eigenvalue weighted by molar-refractivity contribution is 7.87. The van der Waals surface area contributed by atoms with E-state index >= 15 is 0 Å². The Kier molecular flexibility index (Phi) is 25.8. The molecule has 0 aliphatic carbocycles. The van der Waals surface area contributed by atoms with Gasteiger partial charge in [-0.15, -0.1) is 4.73 Å². The van der Waals surface area contributed by atoms with Gasteiger partial charge in [-0.1, -0.05) is 12.1 Å². The molecule has 0 radical (unpaired) electrons. The summed E-state index contributed by atoms with van der Waals surface area (Å²) in [6.45, 7) is 9.77. The van der Waals surface area contributed by atoms with Gasteiger partial charge in [-0.25, -0.2) is 4.79 Å². The lowest BCUT2D eigenvalue weighted by Gasteiger charge is -2.31. The van der Waals surface area contributed by atoms with E-state index in [2.05, 4.69) is 0 Å². The third-order valence-electron chi connectivity index (χ3n) is 15.1. The van der Waals surface area contributed by atoms with Crippen molar-refractivity contribution in [1.82, 2.24) is 4.73 Å². The third-order valence-corrected chi connectivity index (χ3v) is 18.6. The molecule has 33 heteroatoms. The van der Waals surface area contributed by atoms with Gasteiger partial charge >= 0.3 is 5.97 Å². The molecule has 0 bridgehead atoms. The zero-order chi connectivity index (χ0) is 67.1. The molecule has 1 aromatic heterocycles. The molecule has 5 aromatic rings. The van der Waals surface area contributed by atoms with E-state index in [1.54, 1.807) is 37.5 Å². The van der Waals surface area contributed by atoms with Crippen molar-refractivity contribution in [3.05, 3.63) is 95.7 Å². The van der Waals surface area contributed by atoms with Gasteiger partial charge in [0.25, 0.3) is 40.5 Å². The molecule has 4 aromatic carbocycles. The minimum Gasteiger partial charge on any atom is -0.492 e. The second-order valence-corrected chi connectivity index (χ2v) is 27.2. The van der Waals surface area contributed by atoms with Crippen molar-refractivity contribution in [3.63, 3.8) is 0 Å². The number of carbonyl (C=O) groups is 1. The Balaban J connectivity index is 1.12. The summed E-state index contributed by atoms with van der Waals surface area (Å²) in [6.07, 6.45) is 5.40. The fourth-order valence-electron chi connectivity index (χ4n) is 10.9. The van der Waals surface area contributed by atoms with Crippen LogP contribution in [0.3, 0.4) is 0 Å². The predicted octanol–water partition coefficient (Wildman–Crippen LogP) is 4.65. The number of anilines is 1. The van der Waals surface area contributed by atoms with Crippen LogP contribution in [0.1, 0.15) is 44.7 Å². The molecule has 3 heterocycles. The van der Waals surface area contributed by atoms with Gasteiger partial charge < -0.3 is 67.3 Å². The van der Waals surface area contributed by atoms with Crippen LogP contribution in [0, 0.1) is 0 Å². The molecule has 0 amide bonds. The summed E-state index contributed by atoms with van der Waals surface area (Å²) in [5.74, 6) is -1.60. The van der Waals surface area contributed by atoms with Crippen LogP contribution in [-0.4, -0.2) is 229 Å². The molecule has 2 aliphatic heterocycles. The van der Waals surface area contributed by atoms with Gasteiger partial charge in [0.15, 0.2) is 12.3 Å². The van der Waals surface area contributed by atoms with Gasteiger partial charge in [0, 0.05) is 84.8 Å². The zero-order valence-corrected chi connectivity index (χ0v) is 54.7. The van der Waals surface area contributed by atoms with Crippen molar-refractivity contribution in [3.8, 4) is 11.8 Å². The highest BCUT2D eigenvalue weighted by Gasteiger charge is 2.48. The van der Waals surface area contributed by atoms with E-state index in [1.165, 1.54) is 19.2 Å². The number of aromatic hydroxyl groups is 2. The van der Waals surface area contributed by atoms with Crippen LogP contribution in [0.5, 0.6) is 11.8 Å². The number of hydrogen-bond donors (Lipinski definition) is 6. The van der Waals surface area contributed by atoms with Crippen molar-refractivity contribution in [2.45, 2.75) is 64.0 Å². The molecule has 508 valence electrons. The van der Waals surface area contributed by atoms with Gasteiger partial charge in [0.1, 0.15) is 16.4 Å². The first kappa shape index (κ1) is 73.4. The Bertz CT molecular complexity index is 3960. The summed E-state index contributed by atoms with van der Waals surface area (Å²) < 4.78 is 203. The molecule has 29 nitrogen and oxygen atoms in total. The smallest absolute Gasteiger partial charge is 0.335 e. The highest BCUT2D eigenvalue weighted by atomic mass is 32.2. The van der Waals surface area contributed by atoms with Gasteiger partial charge in [0.05, 0.1) is 127 Å². The van der Waals surface area contributed by atoms with E-state index in [9.17, 15) is 66.9 Å². The Morgan fingerprint density at radius 2 is 0.967 bits per heavy atom. The number of benzene rings is 4. The molecule has 7 rings (SSSR count). The maximum atomic E-state index is 13.0. The minimum absolute atomic E-state index is 0.0203. The number of carbonyl (C=O) groups excluding carboxylic acids is 1. The van der Waals surface area contributed by atoms with Crippen LogP contribution in [0.25, 0.3) is 21.5 Å². The molecule has 0 saturated carbocycles. The first-order valence-electron chi connectivity index (χ1n) is 28.9. The lowest BCUT2D eigenvalue weighted by atomic mass is 9.76. The Morgan fingerprint density at radius 3 is 1.45 bits per heavy atom. The maximum absolute atomic E-state index is 13.0.